The van der Waals surface area contributed by atoms with Gasteiger partial charge in [-0.1, -0.05) is 11.6 Å². The van der Waals surface area contributed by atoms with Gasteiger partial charge in [-0.05, 0) is 12.1 Å². The van der Waals surface area contributed by atoms with Crippen LogP contribution in [0, 0.1) is 0 Å². The Kier molecular flexibility index (Phi) is 4.40. The molecule has 4 N–H and O–H groups in total. The molecule has 3 rings (SSSR count). The van der Waals surface area contributed by atoms with Crippen LogP contribution in [0.3, 0.4) is 0 Å². The number of aromatic nitrogens is 2. The number of nitrogens with zero attached hydrogens (tertiary/aromatic N) is 3. The molecule has 0 saturated carbocycles. The van der Waals surface area contributed by atoms with Crippen molar-refractivity contribution in [2.75, 3.05) is 29.8 Å². The highest BCUT2D eigenvalue weighted by molar-refractivity contribution is 6.33. The summed E-state index contributed by atoms with van der Waals surface area (Å²) < 4.78 is 38.9. The van der Waals surface area contributed by atoms with Crippen LogP contribution in [0.1, 0.15) is 5.69 Å². The first-order chi connectivity index (χ1) is 12.6. The molecule has 0 spiro atoms. The van der Waals surface area contributed by atoms with E-state index in [2.05, 4.69) is 10.7 Å². The molecule has 9 nitrogen and oxygen atoms in total. The van der Waals surface area contributed by atoms with Gasteiger partial charge in [0.25, 0.3) is 11.5 Å². The van der Waals surface area contributed by atoms with E-state index < -0.39 is 23.1 Å². The Morgan fingerprint density at radius 1 is 1.19 bits per heavy atom. The number of nitrogens with two attached hydrogens (primary N) is 1. The van der Waals surface area contributed by atoms with E-state index in [-0.39, 0.29) is 39.6 Å². The zero-order chi connectivity index (χ0) is 20.1. The lowest BCUT2D eigenvalue weighted by molar-refractivity contribution is -0.143. The zero-order valence-corrected chi connectivity index (χ0v) is 14.4. The average molecular weight is 405 g/mol. The molecule has 13 heteroatoms. The van der Waals surface area contributed by atoms with E-state index in [0.29, 0.717) is 10.3 Å². The van der Waals surface area contributed by atoms with Gasteiger partial charge >= 0.3 is 11.9 Å². The van der Waals surface area contributed by atoms with Crippen LogP contribution in [-0.4, -0.2) is 28.7 Å². The van der Waals surface area contributed by atoms with Gasteiger partial charge in [-0.25, -0.2) is 24.5 Å². The normalized spacial score (nSPS) is 14.1. The van der Waals surface area contributed by atoms with Crippen molar-refractivity contribution in [1.82, 2.24) is 14.7 Å². The maximum Gasteiger partial charge on any atom is 0.433 e. The smallest absolute Gasteiger partial charge is 0.374 e. The Bertz CT molecular complexity index is 1060. The molecule has 1 aliphatic heterocycles. The Labute approximate surface area is 153 Å². The van der Waals surface area contributed by atoms with Gasteiger partial charge in [0.2, 0.25) is 0 Å². The number of halogens is 4. The summed E-state index contributed by atoms with van der Waals surface area (Å²) in [5.74, 6) is 4.86. The first-order valence-corrected chi connectivity index (χ1v) is 7.73. The number of nitrogens with one attached hydrogen (secondary N) is 2. The largest absolute Gasteiger partial charge is 0.433 e. The van der Waals surface area contributed by atoms with Crippen molar-refractivity contribution in [3.63, 3.8) is 0 Å². The second-order valence-corrected chi connectivity index (χ2v) is 5.89. The minimum Gasteiger partial charge on any atom is -0.374 e. The lowest BCUT2D eigenvalue weighted by atomic mass is 10.2. The maximum atomic E-state index is 12.9. The topological polar surface area (TPSA) is 114 Å². The minimum atomic E-state index is -4.99. The fourth-order valence-corrected chi connectivity index (χ4v) is 2.92. The second-order valence-electron chi connectivity index (χ2n) is 5.48. The third-order valence-corrected chi connectivity index (χ3v) is 4.18. The number of hydrogen-bond donors (Lipinski definition) is 3. The Morgan fingerprint density at radius 2 is 1.85 bits per heavy atom. The lowest BCUT2D eigenvalue weighted by Gasteiger charge is -2.30. The number of amides is 1. The summed E-state index contributed by atoms with van der Waals surface area (Å²) in [4.78, 5) is 36.5. The predicted molar refractivity (Wildman–Crippen MR) is 91.5 cm³/mol. The Balaban J connectivity index is 2.29. The van der Waals surface area contributed by atoms with E-state index in [9.17, 15) is 27.6 Å². The van der Waals surface area contributed by atoms with Crippen LogP contribution in [0.5, 0.6) is 0 Å². The van der Waals surface area contributed by atoms with Crippen molar-refractivity contribution in [3.05, 3.63) is 49.8 Å². The molecule has 1 aromatic carbocycles. The number of fused-ring (bicyclic) bond motifs is 1. The number of hydrazine groups is 1. The van der Waals surface area contributed by atoms with Gasteiger partial charge < -0.3 is 11.2 Å². The molecule has 1 amide bonds. The predicted octanol–water partition coefficient (Wildman–Crippen LogP) is 0.278. The van der Waals surface area contributed by atoms with Crippen molar-refractivity contribution in [2.24, 2.45) is 0 Å². The number of rotatable bonds is 2. The number of hydrogen-bond acceptors (Lipinski definition) is 6. The van der Waals surface area contributed by atoms with Crippen LogP contribution < -0.4 is 32.8 Å². The van der Waals surface area contributed by atoms with Gasteiger partial charge in [0.05, 0.1) is 28.6 Å². The molecular weight excluding hydrogens is 393 g/mol. The van der Waals surface area contributed by atoms with Gasteiger partial charge in [-0.3, -0.25) is 9.59 Å². The number of alkyl halides is 3. The maximum absolute atomic E-state index is 12.9. The second kappa shape index (κ2) is 6.32. The molecule has 0 atom stereocenters. The number of carbonyl (C=O) groups excluding carboxylic acids is 1. The van der Waals surface area contributed by atoms with Crippen LogP contribution in [0.2, 0.25) is 5.02 Å². The van der Waals surface area contributed by atoms with E-state index >= 15 is 0 Å². The van der Waals surface area contributed by atoms with E-state index in [1.54, 1.807) is 0 Å². The van der Waals surface area contributed by atoms with Gasteiger partial charge in [0.15, 0.2) is 5.69 Å². The first kappa shape index (κ1) is 18.8. The zero-order valence-electron chi connectivity index (χ0n) is 13.6. The standard InChI is InChI=1S/C14H12ClF3N6O3/c1-20-24-9-3-8(6(15)2-7(9)21-5-12(24)26)22-11(25)4-10(14(16,17)18)23(19)13(22)27/h2-4,20-21H,5,19H2,1H3. The molecule has 1 aliphatic rings. The molecular formula is C14H12ClF3N6O3. The third kappa shape index (κ3) is 3.02. The monoisotopic (exact) mass is 404 g/mol. The summed E-state index contributed by atoms with van der Waals surface area (Å²) in [6.07, 6.45) is -4.99. The van der Waals surface area contributed by atoms with Crippen molar-refractivity contribution < 1.29 is 18.0 Å². The quantitative estimate of drug-likeness (QED) is 0.619. The molecule has 0 unspecified atom stereocenters. The van der Waals surface area contributed by atoms with Gasteiger partial charge in [0, 0.05) is 13.1 Å². The minimum absolute atomic E-state index is 0.0284. The number of carbonyl (C=O) groups is 1. The van der Waals surface area contributed by atoms with Crippen molar-refractivity contribution in [3.8, 4) is 5.69 Å². The van der Waals surface area contributed by atoms with Crippen LogP contribution in [0.15, 0.2) is 27.8 Å². The van der Waals surface area contributed by atoms with Crippen LogP contribution >= 0.6 is 11.6 Å². The van der Waals surface area contributed by atoms with Crippen molar-refractivity contribution in [1.29, 1.82) is 0 Å². The summed E-state index contributed by atoms with van der Waals surface area (Å²) >= 11 is 6.11. The van der Waals surface area contributed by atoms with E-state index in [1.807, 2.05) is 0 Å². The number of benzene rings is 1. The molecule has 0 radical (unpaired) electrons. The highest BCUT2D eigenvalue weighted by Gasteiger charge is 2.36. The Morgan fingerprint density at radius 3 is 2.44 bits per heavy atom. The summed E-state index contributed by atoms with van der Waals surface area (Å²) in [7, 11) is 1.47. The Hall–Kier alpha value is -2.99. The number of anilines is 2. The average Bonchev–Trinajstić information content (AvgIpc) is 2.58. The molecule has 2 aromatic rings. The molecule has 0 fully saturated rings. The molecule has 1 aromatic heterocycles. The van der Waals surface area contributed by atoms with E-state index in [1.165, 1.54) is 19.2 Å². The fourth-order valence-electron chi connectivity index (χ4n) is 2.67. The van der Waals surface area contributed by atoms with E-state index in [4.69, 9.17) is 17.4 Å². The van der Waals surface area contributed by atoms with E-state index in [0.717, 1.165) is 5.01 Å². The van der Waals surface area contributed by atoms with Gasteiger partial charge in [-0.15, -0.1) is 0 Å². The van der Waals surface area contributed by atoms with Crippen LogP contribution in [0.4, 0.5) is 24.5 Å². The summed E-state index contributed by atoms with van der Waals surface area (Å²) in [6, 6.07) is 2.75. The number of nitrogen functional groups attached to an aromatic ring is 1. The molecule has 144 valence electrons. The first-order valence-electron chi connectivity index (χ1n) is 7.35. The van der Waals surface area contributed by atoms with Crippen LogP contribution in [0.25, 0.3) is 5.69 Å². The highest BCUT2D eigenvalue weighted by atomic mass is 35.5. The summed E-state index contributed by atoms with van der Waals surface area (Å²) in [5, 5.41) is 3.84. The van der Waals surface area contributed by atoms with Crippen molar-refractivity contribution in [2.45, 2.75) is 6.18 Å². The fraction of sp³-hybridized carbons (Fsp3) is 0.214. The highest BCUT2D eigenvalue weighted by Crippen LogP contribution is 2.35. The lowest BCUT2D eigenvalue weighted by Crippen LogP contribution is -2.47. The summed E-state index contributed by atoms with van der Waals surface area (Å²) in [6.45, 7) is -0.0284. The van der Waals surface area contributed by atoms with Crippen LogP contribution in [-0.2, 0) is 11.0 Å². The third-order valence-electron chi connectivity index (χ3n) is 3.88. The molecule has 0 bridgehead atoms. The van der Waals surface area contributed by atoms with Gasteiger partial charge in [-0.2, -0.15) is 13.2 Å². The molecule has 0 aliphatic carbocycles. The molecule has 0 saturated heterocycles. The van der Waals surface area contributed by atoms with Crippen molar-refractivity contribution >= 4 is 28.9 Å². The van der Waals surface area contributed by atoms with Gasteiger partial charge in [0.1, 0.15) is 0 Å². The molecule has 2 heterocycles. The SMILES string of the molecule is CNN1C(=O)CNc2cc(Cl)c(-n3c(=O)cc(C(F)(F)F)n(N)c3=O)cc21. The molecule has 27 heavy (non-hydrogen) atoms. The summed E-state index contributed by atoms with van der Waals surface area (Å²) in [5.41, 5.74) is -1.26.